The number of nitrogens with zero attached hydrogens (tertiary/aromatic N) is 1. The van der Waals surface area contributed by atoms with Gasteiger partial charge in [0.05, 0.1) is 0 Å². The molecule has 2 rings (SSSR count). The Morgan fingerprint density at radius 2 is 1.74 bits per heavy atom. The number of halogens is 1. The smallest absolute Gasteiger partial charge is 0.236 e. The Morgan fingerprint density at radius 1 is 1.07 bits per heavy atom. The SMILES string of the molecule is C/C(=C\N(C(=O)CC(=O)Nc1cccc(Cl)c1)C(C)(C)C)c1ccccc1. The summed E-state index contributed by atoms with van der Waals surface area (Å²) >= 11 is 5.93. The molecule has 0 spiro atoms. The predicted molar refractivity (Wildman–Crippen MR) is 111 cm³/mol. The van der Waals surface area contributed by atoms with Crippen LogP contribution >= 0.6 is 11.6 Å². The van der Waals surface area contributed by atoms with Crippen molar-refractivity contribution in [3.63, 3.8) is 0 Å². The minimum atomic E-state index is -0.455. The normalized spacial score (nSPS) is 11.8. The summed E-state index contributed by atoms with van der Waals surface area (Å²) in [6.07, 6.45) is 1.56. The molecular weight excluding hydrogens is 360 g/mol. The molecule has 0 aliphatic carbocycles. The molecule has 0 radical (unpaired) electrons. The zero-order valence-corrected chi connectivity index (χ0v) is 16.9. The summed E-state index contributed by atoms with van der Waals surface area (Å²) in [7, 11) is 0. The Bertz CT molecular complexity index is 839. The van der Waals surface area contributed by atoms with Gasteiger partial charge in [0.15, 0.2) is 0 Å². The molecule has 2 aromatic rings. The second-order valence-corrected chi connectivity index (χ2v) is 7.78. The van der Waals surface area contributed by atoms with Crippen LogP contribution in [0.15, 0.2) is 60.8 Å². The van der Waals surface area contributed by atoms with Crippen molar-refractivity contribution in [3.8, 4) is 0 Å². The largest absolute Gasteiger partial charge is 0.326 e. The van der Waals surface area contributed by atoms with Gasteiger partial charge in [0, 0.05) is 22.4 Å². The van der Waals surface area contributed by atoms with Crippen molar-refractivity contribution in [2.45, 2.75) is 39.7 Å². The summed E-state index contributed by atoms with van der Waals surface area (Å²) in [5.41, 5.74) is 2.10. The molecular formula is C22H25ClN2O2. The average Bonchev–Trinajstić information content (AvgIpc) is 2.59. The van der Waals surface area contributed by atoms with E-state index in [2.05, 4.69) is 5.32 Å². The number of hydrogen-bond acceptors (Lipinski definition) is 2. The maximum Gasteiger partial charge on any atom is 0.236 e. The van der Waals surface area contributed by atoms with Crippen molar-refractivity contribution in [1.82, 2.24) is 4.90 Å². The van der Waals surface area contributed by atoms with E-state index in [0.29, 0.717) is 10.7 Å². The highest BCUT2D eigenvalue weighted by Crippen LogP contribution is 2.21. The van der Waals surface area contributed by atoms with Crippen molar-refractivity contribution in [1.29, 1.82) is 0 Å². The van der Waals surface area contributed by atoms with Crippen LogP contribution in [0.25, 0.3) is 5.57 Å². The number of hydrogen-bond donors (Lipinski definition) is 1. The first kappa shape index (κ1) is 20.7. The Kier molecular flexibility index (Phi) is 6.81. The minimum absolute atomic E-state index is 0.248. The van der Waals surface area contributed by atoms with E-state index in [0.717, 1.165) is 11.1 Å². The first-order chi connectivity index (χ1) is 12.7. The van der Waals surface area contributed by atoms with Crippen LogP contribution in [-0.4, -0.2) is 22.3 Å². The highest BCUT2D eigenvalue weighted by molar-refractivity contribution is 6.30. The molecule has 4 nitrogen and oxygen atoms in total. The summed E-state index contributed by atoms with van der Waals surface area (Å²) in [5, 5.41) is 3.24. The van der Waals surface area contributed by atoms with Crippen LogP contribution < -0.4 is 5.32 Å². The zero-order valence-electron chi connectivity index (χ0n) is 16.1. The molecule has 0 fully saturated rings. The fourth-order valence-corrected chi connectivity index (χ4v) is 2.79. The Morgan fingerprint density at radius 3 is 2.33 bits per heavy atom. The van der Waals surface area contributed by atoms with Crippen LogP contribution in [0.3, 0.4) is 0 Å². The lowest BCUT2D eigenvalue weighted by Crippen LogP contribution is -2.43. The number of benzene rings is 2. The van der Waals surface area contributed by atoms with E-state index in [1.54, 1.807) is 29.2 Å². The number of nitrogens with one attached hydrogen (secondary N) is 1. The quantitative estimate of drug-likeness (QED) is 0.705. The second-order valence-electron chi connectivity index (χ2n) is 7.35. The Labute approximate surface area is 165 Å². The highest BCUT2D eigenvalue weighted by Gasteiger charge is 2.26. The highest BCUT2D eigenvalue weighted by atomic mass is 35.5. The summed E-state index contributed by atoms with van der Waals surface area (Å²) < 4.78 is 0. The van der Waals surface area contributed by atoms with Gasteiger partial charge in [-0.15, -0.1) is 0 Å². The van der Waals surface area contributed by atoms with Crippen molar-refractivity contribution in [2.24, 2.45) is 0 Å². The standard InChI is InChI=1S/C22H25ClN2O2/c1-16(17-9-6-5-7-10-17)15-25(22(2,3)4)21(27)14-20(26)24-19-12-8-11-18(23)13-19/h5-13,15H,14H2,1-4H3,(H,24,26)/b16-15+. The van der Waals surface area contributed by atoms with E-state index in [-0.39, 0.29) is 18.2 Å². The third kappa shape index (κ3) is 6.26. The molecule has 142 valence electrons. The van der Waals surface area contributed by atoms with Crippen LogP contribution in [0.4, 0.5) is 5.69 Å². The first-order valence-corrected chi connectivity index (χ1v) is 9.16. The maximum absolute atomic E-state index is 12.8. The summed E-state index contributed by atoms with van der Waals surface area (Å²) in [6.45, 7) is 7.77. The maximum atomic E-state index is 12.8. The summed E-state index contributed by atoms with van der Waals surface area (Å²) in [6, 6.07) is 16.7. The van der Waals surface area contributed by atoms with E-state index in [1.165, 1.54) is 0 Å². The third-order valence-electron chi connectivity index (χ3n) is 3.96. The van der Waals surface area contributed by atoms with E-state index < -0.39 is 5.54 Å². The van der Waals surface area contributed by atoms with Crippen LogP contribution in [-0.2, 0) is 9.59 Å². The second kappa shape index (κ2) is 8.87. The third-order valence-corrected chi connectivity index (χ3v) is 4.20. The van der Waals surface area contributed by atoms with Gasteiger partial charge < -0.3 is 10.2 Å². The number of rotatable bonds is 5. The number of carbonyl (C=O) groups is 2. The van der Waals surface area contributed by atoms with Crippen molar-refractivity contribution in [3.05, 3.63) is 71.4 Å². The minimum Gasteiger partial charge on any atom is -0.326 e. The fraction of sp³-hybridized carbons (Fsp3) is 0.273. The molecule has 0 unspecified atom stereocenters. The van der Waals surface area contributed by atoms with Crippen LogP contribution in [0.5, 0.6) is 0 Å². The molecule has 0 atom stereocenters. The molecule has 0 heterocycles. The molecule has 0 aliphatic rings. The van der Waals surface area contributed by atoms with Crippen molar-refractivity contribution >= 4 is 34.7 Å². The van der Waals surface area contributed by atoms with Crippen molar-refractivity contribution < 1.29 is 9.59 Å². The summed E-state index contributed by atoms with van der Waals surface area (Å²) in [4.78, 5) is 26.7. The first-order valence-electron chi connectivity index (χ1n) is 8.78. The topological polar surface area (TPSA) is 49.4 Å². The molecule has 0 bridgehead atoms. The molecule has 2 amide bonds. The zero-order chi connectivity index (χ0) is 20.0. The van der Waals surface area contributed by atoms with Gasteiger partial charge in [-0.3, -0.25) is 9.59 Å². The molecule has 0 aromatic heterocycles. The monoisotopic (exact) mass is 384 g/mol. The molecule has 2 aromatic carbocycles. The van der Waals surface area contributed by atoms with E-state index >= 15 is 0 Å². The Balaban J connectivity index is 2.14. The van der Waals surface area contributed by atoms with Gasteiger partial charge in [0.2, 0.25) is 11.8 Å². The average molecular weight is 385 g/mol. The molecule has 0 aliphatic heterocycles. The lowest BCUT2D eigenvalue weighted by molar-refractivity contribution is -0.135. The van der Waals surface area contributed by atoms with Crippen molar-refractivity contribution in [2.75, 3.05) is 5.32 Å². The van der Waals surface area contributed by atoms with Crippen LogP contribution in [0, 0.1) is 0 Å². The van der Waals surface area contributed by atoms with Gasteiger partial charge >= 0.3 is 0 Å². The lowest BCUT2D eigenvalue weighted by Gasteiger charge is -2.33. The number of carbonyl (C=O) groups excluding carboxylic acids is 2. The van der Waals surface area contributed by atoms with Gasteiger partial charge in [-0.05, 0) is 57.0 Å². The fourth-order valence-electron chi connectivity index (χ4n) is 2.60. The lowest BCUT2D eigenvalue weighted by atomic mass is 10.0. The molecule has 0 saturated heterocycles. The van der Waals surface area contributed by atoms with E-state index in [1.807, 2.05) is 64.2 Å². The van der Waals surface area contributed by atoms with E-state index in [4.69, 9.17) is 11.6 Å². The molecule has 27 heavy (non-hydrogen) atoms. The summed E-state index contributed by atoms with van der Waals surface area (Å²) in [5.74, 6) is -0.639. The van der Waals surface area contributed by atoms with Crippen LogP contribution in [0.1, 0.15) is 39.7 Å². The van der Waals surface area contributed by atoms with Gasteiger partial charge in [-0.25, -0.2) is 0 Å². The van der Waals surface area contributed by atoms with Gasteiger partial charge in [-0.2, -0.15) is 0 Å². The van der Waals surface area contributed by atoms with Gasteiger partial charge in [-0.1, -0.05) is 48.0 Å². The number of amides is 2. The molecule has 1 N–H and O–H groups in total. The van der Waals surface area contributed by atoms with E-state index in [9.17, 15) is 9.59 Å². The van der Waals surface area contributed by atoms with Gasteiger partial charge in [0.25, 0.3) is 0 Å². The number of anilines is 1. The van der Waals surface area contributed by atoms with Gasteiger partial charge in [0.1, 0.15) is 6.42 Å². The van der Waals surface area contributed by atoms with Crippen LogP contribution in [0.2, 0.25) is 5.02 Å². The Hall–Kier alpha value is -2.59. The predicted octanol–water partition coefficient (Wildman–Crippen LogP) is 5.36. The molecule has 0 saturated carbocycles. The molecule has 5 heteroatoms. The number of allylic oxidation sites excluding steroid dienone is 1.